The van der Waals surface area contributed by atoms with Crippen LogP contribution in [-0.4, -0.2) is 29.6 Å². The molecule has 1 aromatic rings. The molecule has 5 nitrogen and oxygen atoms in total. The number of nitrogens with two attached hydrogens (primary N) is 1. The second-order valence-electron chi connectivity index (χ2n) is 4.54. The smallest absolute Gasteiger partial charge is 0.249 e. The fraction of sp³-hybridized carbons (Fsp3) is 0.538. The number of ether oxygens (including phenoxy) is 1. The molecule has 1 unspecified atom stereocenters. The summed E-state index contributed by atoms with van der Waals surface area (Å²) in [6.45, 7) is 2.38. The van der Waals surface area contributed by atoms with E-state index >= 15 is 0 Å². The number of nitrogens with zero attached hydrogens (tertiary/aromatic N) is 1. The van der Waals surface area contributed by atoms with Gasteiger partial charge in [0.2, 0.25) is 5.91 Å². The van der Waals surface area contributed by atoms with Crippen molar-refractivity contribution in [2.75, 3.05) is 6.54 Å². The molecular weight excluding hydrogens is 301 g/mol. The zero-order valence-electron chi connectivity index (χ0n) is 11.3. The maximum atomic E-state index is 12.0. The van der Waals surface area contributed by atoms with Gasteiger partial charge in [0.25, 0.3) is 0 Å². The summed E-state index contributed by atoms with van der Waals surface area (Å²) in [7, 11) is 0. The molecule has 7 heteroatoms. The van der Waals surface area contributed by atoms with E-state index < -0.39 is 0 Å². The minimum atomic E-state index is -0.371. The number of aromatic nitrogens is 1. The zero-order chi connectivity index (χ0) is 13.0. The summed E-state index contributed by atoms with van der Waals surface area (Å²) in [6.07, 6.45) is 2.96. The van der Waals surface area contributed by atoms with E-state index in [1.165, 1.54) is 0 Å². The van der Waals surface area contributed by atoms with Crippen molar-refractivity contribution in [3.8, 4) is 0 Å². The van der Waals surface area contributed by atoms with Gasteiger partial charge in [0, 0.05) is 12.7 Å². The molecule has 20 heavy (non-hydrogen) atoms. The molecule has 1 aliphatic rings. The summed E-state index contributed by atoms with van der Waals surface area (Å²) < 4.78 is 5.55. The molecule has 1 fully saturated rings. The molecule has 0 aliphatic carbocycles. The zero-order valence-corrected chi connectivity index (χ0v) is 13.0. The van der Waals surface area contributed by atoms with Crippen LogP contribution in [0.5, 0.6) is 0 Å². The van der Waals surface area contributed by atoms with Gasteiger partial charge < -0.3 is 15.8 Å². The summed E-state index contributed by atoms with van der Waals surface area (Å²) in [4.78, 5) is 16.2. The van der Waals surface area contributed by atoms with Crippen LogP contribution < -0.4 is 11.1 Å². The van der Waals surface area contributed by atoms with Gasteiger partial charge in [-0.1, -0.05) is 6.07 Å². The van der Waals surface area contributed by atoms with Crippen LogP contribution in [0.1, 0.15) is 31.5 Å². The highest BCUT2D eigenvalue weighted by Gasteiger charge is 2.30. The molecule has 1 amide bonds. The molecule has 0 spiro atoms. The standard InChI is InChI=1S/C13H19N3O2.2ClH/c1-9(11-4-2-3-7-15-11)16-13(17)12-6-5-10(8-14)18-12;;/h2-4,7,9-10,12H,5-6,8,14H2,1H3,(H,16,17);2*1H/t9?,10-,12+;;/m1../s1. The lowest BCUT2D eigenvalue weighted by atomic mass is 10.1. The van der Waals surface area contributed by atoms with Gasteiger partial charge in [-0.2, -0.15) is 0 Å². The largest absolute Gasteiger partial charge is 0.364 e. The molecule has 0 radical (unpaired) electrons. The quantitative estimate of drug-likeness (QED) is 0.883. The number of rotatable bonds is 4. The van der Waals surface area contributed by atoms with Crippen LogP contribution in [0.2, 0.25) is 0 Å². The van der Waals surface area contributed by atoms with Crippen LogP contribution in [0, 0.1) is 0 Å². The number of hydrogen-bond donors (Lipinski definition) is 2. The molecule has 0 bridgehead atoms. The van der Waals surface area contributed by atoms with E-state index in [1.807, 2.05) is 25.1 Å². The molecule has 1 aromatic heterocycles. The highest BCUT2D eigenvalue weighted by atomic mass is 35.5. The van der Waals surface area contributed by atoms with Crippen molar-refractivity contribution in [2.45, 2.75) is 38.0 Å². The summed E-state index contributed by atoms with van der Waals surface area (Å²) >= 11 is 0. The number of amides is 1. The first-order chi connectivity index (χ1) is 8.70. The third-order valence-corrected chi connectivity index (χ3v) is 3.15. The van der Waals surface area contributed by atoms with E-state index in [1.54, 1.807) is 6.20 Å². The van der Waals surface area contributed by atoms with Gasteiger partial charge in [-0.3, -0.25) is 9.78 Å². The lowest BCUT2D eigenvalue weighted by Gasteiger charge is -2.17. The van der Waals surface area contributed by atoms with Crippen LogP contribution in [-0.2, 0) is 9.53 Å². The van der Waals surface area contributed by atoms with Gasteiger partial charge in [0.15, 0.2) is 0 Å². The molecule has 0 saturated carbocycles. The first kappa shape index (κ1) is 19.1. The van der Waals surface area contributed by atoms with Crippen LogP contribution in [0.4, 0.5) is 0 Å². The number of hydrogen-bond acceptors (Lipinski definition) is 4. The van der Waals surface area contributed by atoms with E-state index in [0.717, 1.165) is 18.5 Å². The Hall–Kier alpha value is -0.880. The molecule has 1 saturated heterocycles. The van der Waals surface area contributed by atoms with Crippen molar-refractivity contribution < 1.29 is 9.53 Å². The van der Waals surface area contributed by atoms with Crippen LogP contribution in [0.15, 0.2) is 24.4 Å². The number of halogens is 2. The minimum Gasteiger partial charge on any atom is -0.364 e. The average molecular weight is 322 g/mol. The van der Waals surface area contributed by atoms with E-state index in [-0.39, 0.29) is 49.0 Å². The van der Waals surface area contributed by atoms with Gasteiger partial charge in [0.1, 0.15) is 6.10 Å². The van der Waals surface area contributed by atoms with Crippen molar-refractivity contribution in [2.24, 2.45) is 5.73 Å². The maximum Gasteiger partial charge on any atom is 0.249 e. The van der Waals surface area contributed by atoms with E-state index in [2.05, 4.69) is 10.3 Å². The molecule has 1 aliphatic heterocycles. The van der Waals surface area contributed by atoms with Crippen molar-refractivity contribution >= 4 is 30.7 Å². The molecule has 2 rings (SSSR count). The highest BCUT2D eigenvalue weighted by Crippen LogP contribution is 2.20. The van der Waals surface area contributed by atoms with Crippen LogP contribution >= 0.6 is 24.8 Å². The Balaban J connectivity index is 0.00000180. The van der Waals surface area contributed by atoms with E-state index in [4.69, 9.17) is 10.5 Å². The Kier molecular flexibility index (Phi) is 8.73. The topological polar surface area (TPSA) is 77.2 Å². The van der Waals surface area contributed by atoms with Crippen molar-refractivity contribution in [3.05, 3.63) is 30.1 Å². The Bertz CT molecular complexity index is 406. The fourth-order valence-corrected chi connectivity index (χ4v) is 2.08. The van der Waals surface area contributed by atoms with Gasteiger partial charge in [-0.05, 0) is 31.9 Å². The number of nitrogens with one attached hydrogen (secondary N) is 1. The fourth-order valence-electron chi connectivity index (χ4n) is 2.08. The van der Waals surface area contributed by atoms with Crippen molar-refractivity contribution in [3.63, 3.8) is 0 Å². The third kappa shape index (κ3) is 4.90. The Morgan fingerprint density at radius 2 is 2.25 bits per heavy atom. The van der Waals surface area contributed by atoms with Crippen molar-refractivity contribution in [1.29, 1.82) is 0 Å². The summed E-state index contributed by atoms with van der Waals surface area (Å²) in [5.41, 5.74) is 6.37. The van der Waals surface area contributed by atoms with Gasteiger partial charge in [-0.25, -0.2) is 0 Å². The van der Waals surface area contributed by atoms with Crippen LogP contribution in [0.3, 0.4) is 0 Å². The third-order valence-electron chi connectivity index (χ3n) is 3.15. The molecule has 3 N–H and O–H groups in total. The average Bonchev–Trinajstić information content (AvgIpc) is 2.88. The van der Waals surface area contributed by atoms with E-state index in [0.29, 0.717) is 6.54 Å². The lowest BCUT2D eigenvalue weighted by molar-refractivity contribution is -0.132. The summed E-state index contributed by atoms with van der Waals surface area (Å²) in [5, 5.41) is 2.92. The maximum absolute atomic E-state index is 12.0. The second kappa shape index (κ2) is 9.13. The highest BCUT2D eigenvalue weighted by molar-refractivity contribution is 5.85. The normalized spacial score (nSPS) is 22.3. The summed E-state index contributed by atoms with van der Waals surface area (Å²) in [5.74, 6) is -0.0795. The Morgan fingerprint density at radius 3 is 2.80 bits per heavy atom. The molecule has 0 aromatic carbocycles. The van der Waals surface area contributed by atoms with E-state index in [9.17, 15) is 4.79 Å². The van der Waals surface area contributed by atoms with Crippen molar-refractivity contribution in [1.82, 2.24) is 10.3 Å². The SMILES string of the molecule is CC(NC(=O)[C@@H]1CC[C@H](CN)O1)c1ccccn1.Cl.Cl. The minimum absolute atomic E-state index is 0. The summed E-state index contributed by atoms with van der Waals surface area (Å²) in [6, 6.07) is 5.54. The first-order valence-electron chi connectivity index (χ1n) is 6.27. The predicted octanol–water partition coefficient (Wildman–Crippen LogP) is 1.61. The number of carbonyl (C=O) groups is 1. The molecule has 2 heterocycles. The molecule has 114 valence electrons. The van der Waals surface area contributed by atoms with Gasteiger partial charge >= 0.3 is 0 Å². The lowest BCUT2D eigenvalue weighted by Crippen LogP contribution is -2.37. The monoisotopic (exact) mass is 321 g/mol. The number of pyridine rings is 1. The second-order valence-corrected chi connectivity index (χ2v) is 4.54. The Labute approximate surface area is 131 Å². The predicted molar refractivity (Wildman–Crippen MR) is 82.2 cm³/mol. The first-order valence-corrected chi connectivity index (χ1v) is 6.27. The van der Waals surface area contributed by atoms with Gasteiger partial charge in [0.05, 0.1) is 17.8 Å². The molecular formula is C13H21Cl2N3O2. The molecule has 3 atom stereocenters. The van der Waals surface area contributed by atoms with Gasteiger partial charge in [-0.15, -0.1) is 24.8 Å². The Morgan fingerprint density at radius 1 is 1.50 bits per heavy atom. The van der Waals surface area contributed by atoms with Crippen LogP contribution in [0.25, 0.3) is 0 Å². The number of carbonyl (C=O) groups excluding carboxylic acids is 1.